The summed E-state index contributed by atoms with van der Waals surface area (Å²) in [6, 6.07) is 5.28. The van der Waals surface area contributed by atoms with Gasteiger partial charge in [0.05, 0.1) is 23.8 Å². The Bertz CT molecular complexity index is 765. The van der Waals surface area contributed by atoms with E-state index in [9.17, 15) is 8.42 Å². The van der Waals surface area contributed by atoms with Gasteiger partial charge in [0, 0.05) is 12.6 Å². The molecule has 0 atom stereocenters. The van der Waals surface area contributed by atoms with Gasteiger partial charge in [-0.2, -0.15) is 0 Å². The summed E-state index contributed by atoms with van der Waals surface area (Å²) in [5.41, 5.74) is 1.15. The van der Waals surface area contributed by atoms with Crippen LogP contribution in [0.3, 0.4) is 0 Å². The molecule has 120 valence electrons. The highest BCUT2D eigenvalue weighted by atomic mass is 32.2. The molecule has 0 unspecified atom stereocenters. The van der Waals surface area contributed by atoms with Crippen LogP contribution in [0.25, 0.3) is 11.1 Å². The fourth-order valence-electron chi connectivity index (χ4n) is 2.52. The Morgan fingerprint density at radius 1 is 1.41 bits per heavy atom. The second-order valence-corrected chi connectivity index (χ2v) is 7.84. The summed E-state index contributed by atoms with van der Waals surface area (Å²) in [4.78, 5) is 6.82. The largest absolute Gasteiger partial charge is 0.439 e. The molecule has 1 N–H and O–H groups in total. The zero-order chi connectivity index (χ0) is 15.7. The van der Waals surface area contributed by atoms with Gasteiger partial charge in [-0.25, -0.2) is 13.4 Å². The van der Waals surface area contributed by atoms with E-state index in [0.717, 1.165) is 12.8 Å². The van der Waals surface area contributed by atoms with Crippen LogP contribution in [0, 0.1) is 0 Å². The number of hydrogen-bond donors (Lipinski definition) is 1. The maximum Gasteiger partial charge on any atom is 0.209 e. The van der Waals surface area contributed by atoms with E-state index >= 15 is 0 Å². The third-order valence-corrected chi connectivity index (χ3v) is 5.66. The third-order valence-electron chi connectivity index (χ3n) is 3.93. The van der Waals surface area contributed by atoms with E-state index in [1.165, 1.54) is 0 Å². The number of aliphatic hydroxyl groups excluding tert-OH is 1. The van der Waals surface area contributed by atoms with Gasteiger partial charge in [0.1, 0.15) is 5.52 Å². The van der Waals surface area contributed by atoms with Gasteiger partial charge in [0.15, 0.2) is 15.4 Å². The lowest BCUT2D eigenvalue weighted by Gasteiger charge is -2.18. The van der Waals surface area contributed by atoms with Crippen LogP contribution in [0.15, 0.2) is 27.5 Å². The minimum atomic E-state index is -3.24. The molecule has 1 fully saturated rings. The molecule has 0 aliphatic heterocycles. The molecule has 7 heteroatoms. The number of sulfone groups is 1. The molecule has 1 heterocycles. The smallest absolute Gasteiger partial charge is 0.209 e. The molecular formula is C15H20N2O4S. The van der Waals surface area contributed by atoms with Crippen molar-refractivity contribution >= 4 is 20.9 Å². The number of aliphatic hydroxyl groups is 1. The van der Waals surface area contributed by atoms with Crippen LogP contribution in [0.4, 0.5) is 0 Å². The molecule has 3 rings (SSSR count). The van der Waals surface area contributed by atoms with Crippen molar-refractivity contribution in [2.24, 2.45) is 0 Å². The second kappa shape index (κ2) is 5.98. The predicted octanol–water partition coefficient (Wildman–Crippen LogP) is 1.58. The number of benzene rings is 1. The summed E-state index contributed by atoms with van der Waals surface area (Å²) in [5, 5.41) is 9.12. The van der Waals surface area contributed by atoms with Crippen molar-refractivity contribution in [3.8, 4) is 0 Å². The first-order valence-corrected chi connectivity index (χ1v) is 9.16. The molecule has 6 nitrogen and oxygen atoms in total. The quantitative estimate of drug-likeness (QED) is 0.832. The Labute approximate surface area is 129 Å². The van der Waals surface area contributed by atoms with E-state index < -0.39 is 9.84 Å². The van der Waals surface area contributed by atoms with Gasteiger partial charge >= 0.3 is 0 Å². The lowest BCUT2D eigenvalue weighted by molar-refractivity contribution is 0.172. The first-order chi connectivity index (χ1) is 10.5. The molecule has 2 aromatic rings. The van der Waals surface area contributed by atoms with Crippen molar-refractivity contribution in [2.45, 2.75) is 37.2 Å². The summed E-state index contributed by atoms with van der Waals surface area (Å²) in [7, 11) is -3.24. The van der Waals surface area contributed by atoms with E-state index in [4.69, 9.17) is 9.52 Å². The minimum Gasteiger partial charge on any atom is -0.439 e. The van der Waals surface area contributed by atoms with Crippen LogP contribution in [0.1, 0.15) is 25.7 Å². The molecular weight excluding hydrogens is 304 g/mol. The number of fused-ring (bicyclic) bond motifs is 1. The molecule has 0 saturated heterocycles. The van der Waals surface area contributed by atoms with Gasteiger partial charge in [-0.1, -0.05) is 6.92 Å². The fraction of sp³-hybridized carbons (Fsp3) is 0.533. The highest BCUT2D eigenvalue weighted by molar-refractivity contribution is 7.91. The molecule has 0 spiro atoms. The monoisotopic (exact) mass is 324 g/mol. The maximum absolute atomic E-state index is 11.9. The van der Waals surface area contributed by atoms with Crippen molar-refractivity contribution in [1.29, 1.82) is 0 Å². The van der Waals surface area contributed by atoms with Crippen molar-refractivity contribution in [3.05, 3.63) is 24.1 Å². The van der Waals surface area contributed by atoms with E-state index in [0.29, 0.717) is 36.1 Å². The Kier molecular flexibility index (Phi) is 4.20. The van der Waals surface area contributed by atoms with Crippen molar-refractivity contribution in [3.63, 3.8) is 0 Å². The molecule has 1 saturated carbocycles. The third kappa shape index (κ3) is 3.16. The summed E-state index contributed by atoms with van der Waals surface area (Å²) < 4.78 is 29.5. The molecule has 0 bridgehead atoms. The summed E-state index contributed by atoms with van der Waals surface area (Å²) in [6.45, 7) is 2.86. The summed E-state index contributed by atoms with van der Waals surface area (Å²) in [5.74, 6) is 0.622. The molecule has 1 aliphatic rings. The SMILES string of the molecule is CCS(=O)(=O)c1ccc2oc(CN(CCO)C3CC3)nc2c1. The van der Waals surface area contributed by atoms with Crippen LogP contribution in [-0.2, 0) is 16.4 Å². The van der Waals surface area contributed by atoms with E-state index in [1.54, 1.807) is 25.1 Å². The fourth-order valence-corrected chi connectivity index (χ4v) is 3.42. The second-order valence-electron chi connectivity index (χ2n) is 5.57. The highest BCUT2D eigenvalue weighted by Gasteiger charge is 2.29. The Morgan fingerprint density at radius 2 is 2.18 bits per heavy atom. The van der Waals surface area contributed by atoms with E-state index in [1.807, 2.05) is 0 Å². The van der Waals surface area contributed by atoms with Crippen LogP contribution in [0.2, 0.25) is 0 Å². The van der Waals surface area contributed by atoms with Gasteiger partial charge < -0.3 is 9.52 Å². The minimum absolute atomic E-state index is 0.0647. The average molecular weight is 324 g/mol. The van der Waals surface area contributed by atoms with Crippen molar-refractivity contribution in [2.75, 3.05) is 18.9 Å². The Hall–Kier alpha value is -1.44. The van der Waals surface area contributed by atoms with Gasteiger partial charge in [0.2, 0.25) is 5.89 Å². The number of hydrogen-bond acceptors (Lipinski definition) is 6. The van der Waals surface area contributed by atoms with Gasteiger partial charge in [-0.05, 0) is 31.0 Å². The van der Waals surface area contributed by atoms with Gasteiger partial charge in [-0.15, -0.1) is 0 Å². The molecule has 1 aliphatic carbocycles. The average Bonchev–Trinajstić information content (AvgIpc) is 3.26. The predicted molar refractivity (Wildman–Crippen MR) is 82.3 cm³/mol. The molecule has 0 amide bonds. The number of nitrogens with zero attached hydrogens (tertiary/aromatic N) is 2. The lowest BCUT2D eigenvalue weighted by atomic mass is 10.3. The summed E-state index contributed by atoms with van der Waals surface area (Å²) >= 11 is 0. The normalized spacial score (nSPS) is 15.8. The van der Waals surface area contributed by atoms with E-state index in [2.05, 4.69) is 9.88 Å². The van der Waals surface area contributed by atoms with Crippen LogP contribution in [0.5, 0.6) is 0 Å². The Morgan fingerprint density at radius 3 is 2.82 bits per heavy atom. The molecule has 0 radical (unpaired) electrons. The van der Waals surface area contributed by atoms with Crippen LogP contribution < -0.4 is 0 Å². The zero-order valence-corrected chi connectivity index (χ0v) is 13.3. The van der Waals surface area contributed by atoms with Crippen molar-refractivity contribution < 1.29 is 17.9 Å². The first-order valence-electron chi connectivity index (χ1n) is 7.50. The first kappa shape index (κ1) is 15.5. The van der Waals surface area contributed by atoms with Crippen LogP contribution >= 0.6 is 0 Å². The number of aromatic nitrogens is 1. The van der Waals surface area contributed by atoms with Gasteiger partial charge in [0.25, 0.3) is 0 Å². The Balaban J connectivity index is 1.86. The van der Waals surface area contributed by atoms with E-state index in [-0.39, 0.29) is 17.3 Å². The van der Waals surface area contributed by atoms with Gasteiger partial charge in [-0.3, -0.25) is 4.90 Å². The molecule has 1 aromatic carbocycles. The maximum atomic E-state index is 11.9. The lowest BCUT2D eigenvalue weighted by Crippen LogP contribution is -2.28. The van der Waals surface area contributed by atoms with Crippen molar-refractivity contribution in [1.82, 2.24) is 9.88 Å². The van der Waals surface area contributed by atoms with Crippen LogP contribution in [-0.4, -0.2) is 48.4 Å². The standard InChI is InChI=1S/C15H20N2O4S/c1-2-22(19,20)12-5-6-14-13(9-12)16-15(21-14)10-17(7-8-18)11-3-4-11/h5-6,9,11,18H,2-4,7-8,10H2,1H3. The topological polar surface area (TPSA) is 83.6 Å². The molecule has 22 heavy (non-hydrogen) atoms. The zero-order valence-electron chi connectivity index (χ0n) is 12.5. The summed E-state index contributed by atoms with van der Waals surface area (Å²) in [6.07, 6.45) is 2.28. The number of oxazole rings is 1. The number of rotatable bonds is 7. The molecule has 1 aromatic heterocycles. The highest BCUT2D eigenvalue weighted by Crippen LogP contribution is 2.29.